The average molecular weight is 229 g/mol. The highest BCUT2D eigenvalue weighted by atomic mass is 32.2. The van der Waals surface area contributed by atoms with Crippen molar-refractivity contribution in [1.82, 2.24) is 5.32 Å². The summed E-state index contributed by atoms with van der Waals surface area (Å²) in [5.41, 5.74) is 0. The third-order valence-corrected chi connectivity index (χ3v) is 2.67. The summed E-state index contributed by atoms with van der Waals surface area (Å²) < 4.78 is 4.93. The number of nitrogens with one attached hydrogen (secondary N) is 1. The lowest BCUT2D eigenvalue weighted by Gasteiger charge is -2.14. The van der Waals surface area contributed by atoms with Gasteiger partial charge in [-0.05, 0) is 13.3 Å². The maximum absolute atomic E-state index is 11.4. The maximum atomic E-state index is 11.4. The third kappa shape index (κ3) is 7.29. The molecule has 0 spiro atoms. The summed E-state index contributed by atoms with van der Waals surface area (Å²) in [7, 11) is 0. The topological polar surface area (TPSA) is 38.3 Å². The van der Waals surface area contributed by atoms with Crippen LogP contribution in [0.25, 0.3) is 0 Å². The smallest absolute Gasteiger partial charge is 0.323 e. The SMILES string of the molecule is C#CCSCCNC(CC)C(=O)OCC. The number of ether oxygens (including phenoxy) is 1. The average Bonchev–Trinajstić information content (AvgIpc) is 2.23. The molecular weight excluding hydrogens is 210 g/mol. The normalized spacial score (nSPS) is 11.8. The van der Waals surface area contributed by atoms with Crippen LogP contribution >= 0.6 is 11.8 Å². The molecular formula is C11H19NO2S. The minimum Gasteiger partial charge on any atom is -0.465 e. The van der Waals surface area contributed by atoms with Gasteiger partial charge in [-0.15, -0.1) is 18.2 Å². The van der Waals surface area contributed by atoms with Gasteiger partial charge in [0.25, 0.3) is 0 Å². The van der Waals surface area contributed by atoms with E-state index in [9.17, 15) is 4.79 Å². The minimum atomic E-state index is -0.184. The first-order chi connectivity index (χ1) is 7.26. The number of thioether (sulfide) groups is 1. The molecule has 0 saturated heterocycles. The fourth-order valence-electron chi connectivity index (χ4n) is 1.07. The molecule has 1 N–H and O–H groups in total. The van der Waals surface area contributed by atoms with Gasteiger partial charge in [0.15, 0.2) is 0 Å². The number of carbonyl (C=O) groups is 1. The van der Waals surface area contributed by atoms with E-state index in [0.717, 1.165) is 24.5 Å². The number of carbonyl (C=O) groups excluding carboxylic acids is 1. The van der Waals surface area contributed by atoms with E-state index in [2.05, 4.69) is 11.2 Å². The summed E-state index contributed by atoms with van der Waals surface area (Å²) in [4.78, 5) is 11.4. The van der Waals surface area contributed by atoms with Gasteiger partial charge in [-0.25, -0.2) is 0 Å². The number of esters is 1. The van der Waals surface area contributed by atoms with E-state index in [-0.39, 0.29) is 12.0 Å². The molecule has 0 aliphatic carbocycles. The second-order valence-corrected chi connectivity index (χ2v) is 4.03. The predicted octanol–water partition coefficient (Wildman–Crippen LogP) is 1.28. The molecule has 1 atom stereocenters. The Balaban J connectivity index is 3.62. The molecule has 0 bridgehead atoms. The fraction of sp³-hybridized carbons (Fsp3) is 0.727. The predicted molar refractivity (Wildman–Crippen MR) is 64.9 cm³/mol. The van der Waals surface area contributed by atoms with Crippen molar-refractivity contribution in [3.8, 4) is 12.3 Å². The van der Waals surface area contributed by atoms with E-state index in [0.29, 0.717) is 6.61 Å². The van der Waals surface area contributed by atoms with Gasteiger partial charge in [0, 0.05) is 12.3 Å². The summed E-state index contributed by atoms with van der Waals surface area (Å²) in [5, 5.41) is 3.15. The fourth-order valence-corrected chi connectivity index (χ4v) is 1.60. The highest BCUT2D eigenvalue weighted by Crippen LogP contribution is 1.98. The first-order valence-corrected chi connectivity index (χ1v) is 6.32. The van der Waals surface area contributed by atoms with Crippen molar-refractivity contribution in [1.29, 1.82) is 0 Å². The maximum Gasteiger partial charge on any atom is 0.323 e. The molecule has 0 fully saturated rings. The van der Waals surface area contributed by atoms with Crippen LogP contribution in [0, 0.1) is 12.3 Å². The molecule has 4 heteroatoms. The van der Waals surface area contributed by atoms with E-state index >= 15 is 0 Å². The van der Waals surface area contributed by atoms with E-state index in [1.807, 2.05) is 13.8 Å². The summed E-state index contributed by atoms with van der Waals surface area (Å²) in [6, 6.07) is -0.184. The molecule has 0 amide bonds. The largest absolute Gasteiger partial charge is 0.465 e. The molecule has 0 aliphatic rings. The van der Waals surface area contributed by atoms with Crippen molar-refractivity contribution < 1.29 is 9.53 Å². The van der Waals surface area contributed by atoms with Gasteiger partial charge in [0.05, 0.1) is 12.4 Å². The minimum absolute atomic E-state index is 0.165. The highest BCUT2D eigenvalue weighted by Gasteiger charge is 2.15. The number of terminal acetylenes is 1. The van der Waals surface area contributed by atoms with Gasteiger partial charge in [0.2, 0.25) is 0 Å². The molecule has 0 aromatic heterocycles. The highest BCUT2D eigenvalue weighted by molar-refractivity contribution is 7.99. The number of hydrogen-bond acceptors (Lipinski definition) is 4. The Bertz CT molecular complexity index is 213. The first-order valence-electron chi connectivity index (χ1n) is 5.17. The van der Waals surface area contributed by atoms with Crippen LogP contribution in [0.3, 0.4) is 0 Å². The molecule has 3 nitrogen and oxygen atoms in total. The zero-order chi connectivity index (χ0) is 11.5. The monoisotopic (exact) mass is 229 g/mol. The van der Waals surface area contributed by atoms with Gasteiger partial charge >= 0.3 is 5.97 Å². The second-order valence-electron chi connectivity index (χ2n) is 2.92. The Labute approximate surface area is 96.3 Å². The molecule has 0 heterocycles. The van der Waals surface area contributed by atoms with Gasteiger partial charge in [-0.2, -0.15) is 0 Å². The Kier molecular flexibility index (Phi) is 9.44. The molecule has 0 aliphatic heterocycles. The molecule has 0 saturated carbocycles. The lowest BCUT2D eigenvalue weighted by molar-refractivity contribution is -0.145. The third-order valence-electron chi connectivity index (χ3n) is 1.80. The van der Waals surface area contributed by atoms with Crippen LogP contribution in [0.2, 0.25) is 0 Å². The molecule has 1 unspecified atom stereocenters. The Morgan fingerprint density at radius 2 is 2.33 bits per heavy atom. The lowest BCUT2D eigenvalue weighted by Crippen LogP contribution is -2.38. The van der Waals surface area contributed by atoms with Gasteiger partial charge < -0.3 is 10.1 Å². The van der Waals surface area contributed by atoms with E-state index in [1.54, 1.807) is 11.8 Å². The molecule has 0 aromatic rings. The van der Waals surface area contributed by atoms with Gasteiger partial charge in [-0.3, -0.25) is 4.79 Å². The number of rotatable bonds is 8. The Morgan fingerprint density at radius 1 is 1.60 bits per heavy atom. The summed E-state index contributed by atoms with van der Waals surface area (Å²) in [6.07, 6.45) is 5.87. The Morgan fingerprint density at radius 3 is 2.87 bits per heavy atom. The summed E-state index contributed by atoms with van der Waals surface area (Å²) in [6.45, 7) is 4.99. The van der Waals surface area contributed by atoms with Crippen molar-refractivity contribution in [3.63, 3.8) is 0 Å². The van der Waals surface area contributed by atoms with Crippen molar-refractivity contribution in [2.75, 3.05) is 24.7 Å². The van der Waals surface area contributed by atoms with Crippen LogP contribution in [0.5, 0.6) is 0 Å². The zero-order valence-corrected chi connectivity index (χ0v) is 10.2. The van der Waals surface area contributed by atoms with Gasteiger partial charge in [-0.1, -0.05) is 12.8 Å². The van der Waals surface area contributed by atoms with Crippen LogP contribution in [-0.4, -0.2) is 36.7 Å². The standard InChI is InChI=1S/C11H19NO2S/c1-4-8-15-9-7-12-10(5-2)11(13)14-6-3/h1,10,12H,5-9H2,2-3H3. The summed E-state index contributed by atoms with van der Waals surface area (Å²) in [5.74, 6) is 4.03. The molecule has 0 radical (unpaired) electrons. The molecule has 0 aromatic carbocycles. The van der Waals surface area contributed by atoms with E-state index in [1.165, 1.54) is 0 Å². The van der Waals surface area contributed by atoms with Crippen LogP contribution in [0.1, 0.15) is 20.3 Å². The van der Waals surface area contributed by atoms with E-state index in [4.69, 9.17) is 11.2 Å². The lowest BCUT2D eigenvalue weighted by atomic mass is 10.2. The van der Waals surface area contributed by atoms with Crippen molar-refractivity contribution in [2.45, 2.75) is 26.3 Å². The first kappa shape index (κ1) is 14.3. The van der Waals surface area contributed by atoms with Crippen molar-refractivity contribution in [3.05, 3.63) is 0 Å². The molecule has 15 heavy (non-hydrogen) atoms. The molecule has 0 rings (SSSR count). The van der Waals surface area contributed by atoms with Gasteiger partial charge in [0.1, 0.15) is 6.04 Å². The van der Waals surface area contributed by atoms with Crippen LogP contribution in [0.4, 0.5) is 0 Å². The zero-order valence-electron chi connectivity index (χ0n) is 9.41. The quantitative estimate of drug-likeness (QED) is 0.387. The summed E-state index contributed by atoms with van der Waals surface area (Å²) >= 11 is 1.68. The Hall–Kier alpha value is -0.660. The van der Waals surface area contributed by atoms with E-state index < -0.39 is 0 Å². The van der Waals surface area contributed by atoms with Crippen LogP contribution < -0.4 is 5.32 Å². The number of hydrogen-bond donors (Lipinski definition) is 1. The van der Waals surface area contributed by atoms with Crippen molar-refractivity contribution in [2.24, 2.45) is 0 Å². The van der Waals surface area contributed by atoms with Crippen molar-refractivity contribution >= 4 is 17.7 Å². The molecule has 86 valence electrons. The second kappa shape index (κ2) is 9.88. The van der Waals surface area contributed by atoms with Crippen LogP contribution in [0.15, 0.2) is 0 Å². The van der Waals surface area contributed by atoms with Crippen LogP contribution in [-0.2, 0) is 9.53 Å².